The molecule has 19 heavy (non-hydrogen) atoms. The van der Waals surface area contributed by atoms with E-state index in [2.05, 4.69) is 60.4 Å². The van der Waals surface area contributed by atoms with E-state index in [9.17, 15) is 0 Å². The Morgan fingerprint density at radius 2 is 1.84 bits per heavy atom. The lowest BCUT2D eigenvalue weighted by atomic mass is 10.0. The van der Waals surface area contributed by atoms with E-state index in [-0.39, 0.29) is 0 Å². The van der Waals surface area contributed by atoms with Gasteiger partial charge in [0.2, 0.25) is 0 Å². The number of ether oxygens (including phenoxy) is 1. The van der Waals surface area contributed by atoms with Crippen molar-refractivity contribution < 1.29 is 4.74 Å². The fourth-order valence-electron chi connectivity index (χ4n) is 2.65. The van der Waals surface area contributed by atoms with Crippen LogP contribution < -0.4 is 4.90 Å². The van der Waals surface area contributed by atoms with Crippen molar-refractivity contribution in [3.05, 3.63) is 65.2 Å². The molecule has 0 N–H and O–H groups in total. The third-order valence-corrected chi connectivity index (χ3v) is 3.74. The van der Waals surface area contributed by atoms with E-state index in [4.69, 9.17) is 4.74 Å². The summed E-state index contributed by atoms with van der Waals surface area (Å²) in [5.74, 6) is 0. The smallest absolute Gasteiger partial charge is 0.0728 e. The van der Waals surface area contributed by atoms with E-state index in [0.29, 0.717) is 0 Å². The largest absolute Gasteiger partial charge is 0.372 e. The van der Waals surface area contributed by atoms with Crippen LogP contribution in [0.15, 0.2) is 48.5 Å². The molecule has 2 aromatic rings. The summed E-state index contributed by atoms with van der Waals surface area (Å²) in [7, 11) is 0. The fraction of sp³-hybridized carbons (Fsp3) is 0.294. The van der Waals surface area contributed by atoms with Gasteiger partial charge in [0.05, 0.1) is 13.2 Å². The maximum atomic E-state index is 5.56. The number of para-hydroxylation sites is 1. The molecule has 0 aromatic heterocycles. The zero-order valence-corrected chi connectivity index (χ0v) is 11.3. The van der Waals surface area contributed by atoms with Crippen molar-refractivity contribution in [2.75, 3.05) is 11.4 Å². The van der Waals surface area contributed by atoms with Crippen LogP contribution in [0.25, 0.3) is 0 Å². The minimum atomic E-state index is 0.762. The van der Waals surface area contributed by atoms with E-state index >= 15 is 0 Å². The molecule has 2 nitrogen and oxygen atoms in total. The Bertz CT molecular complexity index is 550. The van der Waals surface area contributed by atoms with Crippen LogP contribution in [-0.4, -0.2) is 6.54 Å². The fourth-order valence-corrected chi connectivity index (χ4v) is 2.65. The summed E-state index contributed by atoms with van der Waals surface area (Å²) < 4.78 is 5.56. The molecule has 0 saturated heterocycles. The van der Waals surface area contributed by atoms with E-state index in [1.54, 1.807) is 0 Å². The van der Waals surface area contributed by atoms with Crippen molar-refractivity contribution in [1.29, 1.82) is 0 Å². The third-order valence-electron chi connectivity index (χ3n) is 3.74. The average molecular weight is 253 g/mol. The maximum Gasteiger partial charge on any atom is 0.0728 e. The number of hydrogen-bond donors (Lipinski definition) is 0. The van der Waals surface area contributed by atoms with Crippen LogP contribution in [0.4, 0.5) is 5.69 Å². The van der Waals surface area contributed by atoms with Gasteiger partial charge < -0.3 is 9.64 Å². The lowest BCUT2D eigenvalue weighted by Crippen LogP contribution is -2.22. The van der Waals surface area contributed by atoms with Crippen LogP contribution in [0.2, 0.25) is 0 Å². The molecule has 2 heteroatoms. The Balaban J connectivity index is 1.86. The first-order chi connectivity index (χ1) is 9.38. The SMILES string of the molecule is CCN(Cc1cccc2c1COC2)c1ccccc1. The number of nitrogens with zero attached hydrogens (tertiary/aromatic N) is 1. The molecule has 0 saturated carbocycles. The van der Waals surface area contributed by atoms with Gasteiger partial charge in [-0.1, -0.05) is 36.4 Å². The highest BCUT2D eigenvalue weighted by Gasteiger charge is 2.16. The van der Waals surface area contributed by atoms with E-state index in [0.717, 1.165) is 26.3 Å². The third kappa shape index (κ3) is 2.49. The van der Waals surface area contributed by atoms with Crippen molar-refractivity contribution in [2.45, 2.75) is 26.7 Å². The topological polar surface area (TPSA) is 12.5 Å². The van der Waals surface area contributed by atoms with Gasteiger partial charge in [0.25, 0.3) is 0 Å². The monoisotopic (exact) mass is 253 g/mol. The van der Waals surface area contributed by atoms with Crippen LogP contribution in [0, 0.1) is 0 Å². The van der Waals surface area contributed by atoms with Gasteiger partial charge in [-0.3, -0.25) is 0 Å². The molecule has 0 radical (unpaired) electrons. The molecule has 98 valence electrons. The molecule has 0 amide bonds. The highest BCUT2D eigenvalue weighted by atomic mass is 16.5. The first-order valence-corrected chi connectivity index (χ1v) is 6.86. The quantitative estimate of drug-likeness (QED) is 0.823. The minimum Gasteiger partial charge on any atom is -0.372 e. The second kappa shape index (κ2) is 5.45. The van der Waals surface area contributed by atoms with Gasteiger partial charge in [0.1, 0.15) is 0 Å². The zero-order valence-electron chi connectivity index (χ0n) is 11.3. The van der Waals surface area contributed by atoms with Crippen LogP contribution in [-0.2, 0) is 24.5 Å². The average Bonchev–Trinajstić information content (AvgIpc) is 2.95. The van der Waals surface area contributed by atoms with Crippen molar-refractivity contribution in [3.63, 3.8) is 0 Å². The molecule has 0 spiro atoms. The summed E-state index contributed by atoms with van der Waals surface area (Å²) >= 11 is 0. The van der Waals surface area contributed by atoms with Crippen molar-refractivity contribution in [1.82, 2.24) is 0 Å². The Kier molecular flexibility index (Phi) is 3.51. The highest BCUT2D eigenvalue weighted by molar-refractivity contribution is 5.48. The Morgan fingerprint density at radius 1 is 1.00 bits per heavy atom. The normalized spacial score (nSPS) is 13.3. The predicted octanol–water partition coefficient (Wildman–Crippen LogP) is 3.74. The Hall–Kier alpha value is -1.80. The summed E-state index contributed by atoms with van der Waals surface area (Å²) in [6.07, 6.45) is 0. The van der Waals surface area contributed by atoms with Crippen LogP contribution in [0.5, 0.6) is 0 Å². The molecule has 1 aliphatic heterocycles. The van der Waals surface area contributed by atoms with Crippen LogP contribution in [0.1, 0.15) is 23.6 Å². The van der Waals surface area contributed by atoms with Gasteiger partial charge in [0, 0.05) is 18.8 Å². The molecular weight excluding hydrogens is 234 g/mol. The lowest BCUT2D eigenvalue weighted by Gasteiger charge is -2.24. The first kappa shape index (κ1) is 12.2. The summed E-state index contributed by atoms with van der Waals surface area (Å²) in [6, 6.07) is 17.1. The predicted molar refractivity (Wildman–Crippen MR) is 78.1 cm³/mol. The standard InChI is InChI=1S/C17H19NO/c1-2-18(16-9-4-3-5-10-16)11-14-7-6-8-15-12-19-13-17(14)15/h3-10H,2,11-13H2,1H3. The number of fused-ring (bicyclic) bond motifs is 1. The summed E-state index contributed by atoms with van der Waals surface area (Å²) in [5, 5.41) is 0. The highest BCUT2D eigenvalue weighted by Crippen LogP contribution is 2.26. The van der Waals surface area contributed by atoms with Gasteiger partial charge in [-0.2, -0.15) is 0 Å². The molecule has 1 heterocycles. The molecule has 0 fully saturated rings. The summed E-state index contributed by atoms with van der Waals surface area (Å²) in [4.78, 5) is 2.40. The van der Waals surface area contributed by atoms with E-state index in [1.807, 2.05) is 0 Å². The van der Waals surface area contributed by atoms with Crippen molar-refractivity contribution in [3.8, 4) is 0 Å². The van der Waals surface area contributed by atoms with Crippen LogP contribution >= 0.6 is 0 Å². The Labute approximate surface area is 114 Å². The van der Waals surface area contributed by atoms with Gasteiger partial charge in [0.15, 0.2) is 0 Å². The van der Waals surface area contributed by atoms with E-state index in [1.165, 1.54) is 22.4 Å². The molecule has 2 aromatic carbocycles. The van der Waals surface area contributed by atoms with Gasteiger partial charge >= 0.3 is 0 Å². The Morgan fingerprint density at radius 3 is 2.63 bits per heavy atom. The number of benzene rings is 2. The molecule has 1 aliphatic rings. The zero-order chi connectivity index (χ0) is 13.1. The maximum absolute atomic E-state index is 5.56. The number of hydrogen-bond acceptors (Lipinski definition) is 2. The molecule has 0 bridgehead atoms. The van der Waals surface area contributed by atoms with Crippen molar-refractivity contribution in [2.24, 2.45) is 0 Å². The minimum absolute atomic E-state index is 0.762. The van der Waals surface area contributed by atoms with Gasteiger partial charge in [-0.25, -0.2) is 0 Å². The molecule has 0 unspecified atom stereocenters. The van der Waals surface area contributed by atoms with Crippen molar-refractivity contribution >= 4 is 5.69 Å². The first-order valence-electron chi connectivity index (χ1n) is 6.86. The molecule has 0 atom stereocenters. The van der Waals surface area contributed by atoms with E-state index < -0.39 is 0 Å². The molecule has 3 rings (SSSR count). The lowest BCUT2D eigenvalue weighted by molar-refractivity contribution is 0.134. The molecule has 0 aliphatic carbocycles. The van der Waals surface area contributed by atoms with Gasteiger partial charge in [-0.15, -0.1) is 0 Å². The van der Waals surface area contributed by atoms with Crippen LogP contribution in [0.3, 0.4) is 0 Å². The second-order valence-corrected chi connectivity index (χ2v) is 4.90. The summed E-state index contributed by atoms with van der Waals surface area (Å²) in [5.41, 5.74) is 5.40. The number of anilines is 1. The summed E-state index contributed by atoms with van der Waals surface area (Å²) in [6.45, 7) is 5.69. The number of rotatable bonds is 4. The molecular formula is C17H19NO. The van der Waals surface area contributed by atoms with Gasteiger partial charge in [-0.05, 0) is 35.7 Å². The second-order valence-electron chi connectivity index (χ2n) is 4.90.